The Bertz CT molecular complexity index is 1620. The molecule has 0 spiro atoms. The van der Waals surface area contributed by atoms with Crippen LogP contribution >= 0.6 is 0 Å². The summed E-state index contributed by atoms with van der Waals surface area (Å²) in [6.07, 6.45) is -6.14. The number of halogens is 6. The maximum absolute atomic E-state index is 13.3. The Morgan fingerprint density at radius 3 is 2.14 bits per heavy atom. The van der Waals surface area contributed by atoms with Gasteiger partial charge in [0.05, 0.1) is 34.9 Å². The van der Waals surface area contributed by atoms with Gasteiger partial charge in [-0.25, -0.2) is 8.42 Å². The first-order chi connectivity index (χ1) is 20.6. The molecular formula is C30H28F6N2O5S. The number of ether oxygens (including phenoxy) is 2. The van der Waals surface area contributed by atoms with Crippen LogP contribution in [0.25, 0.3) is 0 Å². The minimum absolute atomic E-state index is 0.0864. The predicted molar refractivity (Wildman–Crippen MR) is 149 cm³/mol. The van der Waals surface area contributed by atoms with Crippen LogP contribution in [-0.2, 0) is 27.2 Å². The molecule has 1 N–H and O–H groups in total. The third kappa shape index (κ3) is 6.90. The first-order valence-electron chi connectivity index (χ1n) is 13.7. The van der Waals surface area contributed by atoms with Crippen LogP contribution in [0.4, 0.5) is 37.7 Å². The van der Waals surface area contributed by atoms with Crippen molar-refractivity contribution in [3.63, 3.8) is 0 Å². The summed E-state index contributed by atoms with van der Waals surface area (Å²) in [5.74, 6) is 0.676. The second-order valence-electron chi connectivity index (χ2n) is 10.7. The Morgan fingerprint density at radius 2 is 1.52 bits per heavy atom. The number of hydrogen-bond donors (Lipinski definition) is 1. The van der Waals surface area contributed by atoms with E-state index in [1.165, 1.54) is 23.1 Å². The van der Waals surface area contributed by atoms with E-state index in [1.54, 1.807) is 19.2 Å². The van der Waals surface area contributed by atoms with E-state index in [4.69, 9.17) is 9.47 Å². The Labute approximate surface area is 249 Å². The van der Waals surface area contributed by atoms with Crippen molar-refractivity contribution in [3.05, 3.63) is 77.4 Å². The standard InChI is InChI=1S/C30H28F6N2O5S/c1-42-26-10-9-18(11-27(26)43-24-7-2-3-8-24)19-12-28(39)38(17-19)23-6-4-5-22(16-23)37-44(40,41)25-14-20(29(31,32)33)13-21(15-25)30(34,35)36/h4-6,9-11,13-16,19,24,37H,2-3,7-8,12,17H2,1H3. The molecule has 1 aliphatic carbocycles. The van der Waals surface area contributed by atoms with E-state index < -0.39 is 38.4 Å². The monoisotopic (exact) mass is 642 g/mol. The molecule has 1 atom stereocenters. The molecule has 236 valence electrons. The van der Waals surface area contributed by atoms with Gasteiger partial charge in [-0.2, -0.15) is 26.3 Å². The SMILES string of the molecule is COc1ccc(C2CC(=O)N(c3cccc(NS(=O)(=O)c4cc(C(F)(F)F)cc(C(F)(F)F)c4)c3)C2)cc1OC1CCCC1. The summed E-state index contributed by atoms with van der Waals surface area (Å²) in [4.78, 5) is 13.3. The lowest BCUT2D eigenvalue weighted by molar-refractivity contribution is -0.143. The molecule has 44 heavy (non-hydrogen) atoms. The van der Waals surface area contributed by atoms with Crippen LogP contribution in [0, 0.1) is 0 Å². The number of benzene rings is 3. The Hall–Kier alpha value is -3.94. The summed E-state index contributed by atoms with van der Waals surface area (Å²) < 4.78 is 119. The first kappa shape index (κ1) is 31.5. The number of methoxy groups -OCH3 is 1. The highest BCUT2D eigenvalue weighted by Gasteiger charge is 2.38. The summed E-state index contributed by atoms with van der Waals surface area (Å²) in [5.41, 5.74) is -2.53. The second kappa shape index (κ2) is 11.9. The molecule has 3 aromatic carbocycles. The van der Waals surface area contributed by atoms with Crippen molar-refractivity contribution in [3.8, 4) is 11.5 Å². The van der Waals surface area contributed by atoms with Crippen molar-refractivity contribution in [2.45, 2.75) is 61.4 Å². The van der Waals surface area contributed by atoms with Gasteiger partial charge >= 0.3 is 12.4 Å². The van der Waals surface area contributed by atoms with Crippen LogP contribution in [0.1, 0.15) is 54.7 Å². The molecule has 1 heterocycles. The van der Waals surface area contributed by atoms with E-state index >= 15 is 0 Å². The number of nitrogens with one attached hydrogen (secondary N) is 1. The van der Waals surface area contributed by atoms with Gasteiger partial charge in [0.2, 0.25) is 5.91 Å². The molecule has 7 nitrogen and oxygen atoms in total. The summed E-state index contributed by atoms with van der Waals surface area (Å²) in [6.45, 7) is 0.243. The molecule has 5 rings (SSSR count). The van der Waals surface area contributed by atoms with Crippen LogP contribution in [0.3, 0.4) is 0 Å². The van der Waals surface area contributed by atoms with Crippen molar-refractivity contribution < 1.29 is 49.0 Å². The van der Waals surface area contributed by atoms with E-state index in [0.29, 0.717) is 17.2 Å². The average Bonchev–Trinajstić information content (AvgIpc) is 3.61. The molecule has 3 aromatic rings. The van der Waals surface area contributed by atoms with Crippen LogP contribution in [-0.4, -0.2) is 34.1 Å². The molecule has 2 aliphatic rings. The maximum Gasteiger partial charge on any atom is 0.416 e. The summed E-state index contributed by atoms with van der Waals surface area (Å²) >= 11 is 0. The average molecular weight is 643 g/mol. The highest BCUT2D eigenvalue weighted by atomic mass is 32.2. The molecule has 1 saturated carbocycles. The van der Waals surface area contributed by atoms with Gasteiger partial charge in [0.15, 0.2) is 11.5 Å². The van der Waals surface area contributed by atoms with Crippen LogP contribution < -0.4 is 19.1 Å². The fraction of sp³-hybridized carbons (Fsp3) is 0.367. The quantitative estimate of drug-likeness (QED) is 0.260. The fourth-order valence-corrected chi connectivity index (χ4v) is 6.56. The van der Waals surface area contributed by atoms with E-state index in [9.17, 15) is 39.6 Å². The van der Waals surface area contributed by atoms with Crippen molar-refractivity contribution in [2.75, 3.05) is 23.3 Å². The van der Waals surface area contributed by atoms with Crippen LogP contribution in [0.2, 0.25) is 0 Å². The number of nitrogens with zero attached hydrogens (tertiary/aromatic N) is 1. The van der Waals surface area contributed by atoms with Gasteiger partial charge < -0.3 is 14.4 Å². The molecule has 1 amide bonds. The van der Waals surface area contributed by atoms with Crippen LogP contribution in [0.5, 0.6) is 11.5 Å². The lowest BCUT2D eigenvalue weighted by atomic mass is 9.98. The molecule has 1 unspecified atom stereocenters. The van der Waals surface area contributed by atoms with Crippen LogP contribution in [0.15, 0.2) is 65.6 Å². The van der Waals surface area contributed by atoms with Crippen molar-refractivity contribution in [1.29, 1.82) is 0 Å². The number of anilines is 2. The van der Waals surface area contributed by atoms with Crippen molar-refractivity contribution >= 4 is 27.3 Å². The highest BCUT2D eigenvalue weighted by Crippen LogP contribution is 2.40. The van der Waals surface area contributed by atoms with Gasteiger partial charge in [0, 0.05) is 24.6 Å². The van der Waals surface area contributed by atoms with Crippen molar-refractivity contribution in [1.82, 2.24) is 0 Å². The van der Waals surface area contributed by atoms with Gasteiger partial charge in [-0.1, -0.05) is 12.1 Å². The predicted octanol–water partition coefficient (Wildman–Crippen LogP) is 7.38. The fourth-order valence-electron chi connectivity index (χ4n) is 5.44. The first-order valence-corrected chi connectivity index (χ1v) is 15.2. The molecule has 1 aliphatic heterocycles. The second-order valence-corrected chi connectivity index (χ2v) is 12.4. The lowest BCUT2D eigenvalue weighted by Crippen LogP contribution is -2.24. The minimum atomic E-state index is -5.22. The van der Waals surface area contributed by atoms with E-state index in [1.807, 2.05) is 16.9 Å². The normalized spacial score (nSPS) is 18.1. The molecule has 1 saturated heterocycles. The third-order valence-electron chi connectivity index (χ3n) is 7.66. The minimum Gasteiger partial charge on any atom is -0.493 e. The summed E-state index contributed by atoms with van der Waals surface area (Å²) in [7, 11) is -3.34. The zero-order chi connectivity index (χ0) is 31.9. The number of sulfonamides is 1. The summed E-state index contributed by atoms with van der Waals surface area (Å²) in [5, 5.41) is 0. The van der Waals surface area contributed by atoms with E-state index in [0.717, 1.165) is 31.2 Å². The smallest absolute Gasteiger partial charge is 0.416 e. The van der Waals surface area contributed by atoms with Gasteiger partial charge in [-0.05, 0) is 79.8 Å². The number of hydrogen-bond acceptors (Lipinski definition) is 5. The molecule has 2 fully saturated rings. The van der Waals surface area contributed by atoms with Gasteiger partial charge in [-0.3, -0.25) is 9.52 Å². The number of carbonyl (C=O) groups excluding carboxylic acids is 1. The molecular weight excluding hydrogens is 614 g/mol. The number of amides is 1. The van der Waals surface area contributed by atoms with Gasteiger partial charge in [-0.15, -0.1) is 0 Å². The number of rotatable bonds is 8. The molecule has 0 radical (unpaired) electrons. The Kier molecular flexibility index (Phi) is 8.49. The maximum atomic E-state index is 13.3. The molecule has 0 bridgehead atoms. The van der Waals surface area contributed by atoms with Crippen molar-refractivity contribution in [2.24, 2.45) is 0 Å². The van der Waals surface area contributed by atoms with E-state index in [2.05, 4.69) is 0 Å². The molecule has 14 heteroatoms. The zero-order valence-electron chi connectivity index (χ0n) is 23.3. The van der Waals surface area contributed by atoms with Gasteiger partial charge in [0.25, 0.3) is 10.0 Å². The summed E-state index contributed by atoms with van der Waals surface area (Å²) in [6, 6.07) is 11.1. The number of carbonyl (C=O) groups is 1. The zero-order valence-corrected chi connectivity index (χ0v) is 24.2. The van der Waals surface area contributed by atoms with E-state index in [-0.39, 0.29) is 54.8 Å². The van der Waals surface area contributed by atoms with Gasteiger partial charge in [0.1, 0.15) is 0 Å². The Morgan fingerprint density at radius 1 is 0.864 bits per heavy atom. The Balaban J connectivity index is 1.37. The number of alkyl halides is 6. The third-order valence-corrected chi connectivity index (χ3v) is 9.02. The highest BCUT2D eigenvalue weighted by molar-refractivity contribution is 7.92. The molecule has 0 aromatic heterocycles. The largest absolute Gasteiger partial charge is 0.493 e. The lowest BCUT2D eigenvalue weighted by Gasteiger charge is -2.20. The topological polar surface area (TPSA) is 84.9 Å².